The molecule has 2 N–H and O–H groups in total. The number of nitrogens with one attached hydrogen (secondary N) is 2. The van der Waals surface area contributed by atoms with Gasteiger partial charge in [0.15, 0.2) is 11.6 Å². The zero-order chi connectivity index (χ0) is 25.1. The first-order valence-corrected chi connectivity index (χ1v) is 11.4. The smallest absolute Gasteiger partial charge is 0.322 e. The number of H-pyrrole nitrogens is 1. The lowest BCUT2D eigenvalue weighted by Crippen LogP contribution is -2.35. The maximum Gasteiger partial charge on any atom is 0.322 e. The molecule has 0 aliphatic heterocycles. The number of fused-ring (bicyclic) bond motifs is 1. The number of anilines is 1. The van der Waals surface area contributed by atoms with Gasteiger partial charge in [0.2, 0.25) is 0 Å². The Morgan fingerprint density at radius 2 is 1.39 bits per heavy atom. The van der Waals surface area contributed by atoms with E-state index >= 15 is 0 Å². The molecule has 0 aliphatic rings. The van der Waals surface area contributed by atoms with Crippen molar-refractivity contribution in [3.63, 3.8) is 0 Å². The highest BCUT2D eigenvalue weighted by atomic mass is 19.1. The van der Waals surface area contributed by atoms with Crippen molar-refractivity contribution in [1.29, 1.82) is 0 Å². The molecule has 0 saturated carbocycles. The molecular weight excluding hydrogens is 463 g/mol. The fraction of sp³-hybridized carbons (Fsp3) is 0.0690. The molecule has 0 atom stereocenters. The first kappa shape index (κ1) is 23.2. The third-order valence-corrected chi connectivity index (χ3v) is 5.94. The van der Waals surface area contributed by atoms with Crippen molar-refractivity contribution in [3.8, 4) is 11.1 Å². The average Bonchev–Trinajstić information content (AvgIpc) is 3.24. The molecule has 5 rings (SSSR count). The van der Waals surface area contributed by atoms with Crippen molar-refractivity contribution in [1.82, 2.24) is 9.88 Å². The molecule has 4 aromatic carbocycles. The topological polar surface area (TPSA) is 48.1 Å². The van der Waals surface area contributed by atoms with Crippen LogP contribution in [0.5, 0.6) is 0 Å². The predicted molar refractivity (Wildman–Crippen MR) is 135 cm³/mol. The number of amides is 2. The molecule has 4 nitrogen and oxygen atoms in total. The number of carbonyl (C=O) groups excluding carboxylic acids is 1. The zero-order valence-electron chi connectivity index (χ0n) is 19.1. The molecular formula is C29H22F3N3O. The van der Waals surface area contributed by atoms with Crippen molar-refractivity contribution < 1.29 is 18.0 Å². The molecule has 7 heteroatoms. The van der Waals surface area contributed by atoms with E-state index in [1.807, 2.05) is 84.9 Å². The van der Waals surface area contributed by atoms with Gasteiger partial charge < -0.3 is 15.2 Å². The Labute approximate surface area is 206 Å². The summed E-state index contributed by atoms with van der Waals surface area (Å²) in [6.07, 6.45) is 0. The van der Waals surface area contributed by atoms with Gasteiger partial charge in [-0.15, -0.1) is 0 Å². The summed E-state index contributed by atoms with van der Waals surface area (Å²) in [6.45, 7) is 0.310. The fourth-order valence-corrected chi connectivity index (χ4v) is 4.29. The molecule has 0 fully saturated rings. The van der Waals surface area contributed by atoms with Crippen LogP contribution in [0.15, 0.2) is 97.1 Å². The Hall–Kier alpha value is -4.52. The van der Waals surface area contributed by atoms with E-state index in [9.17, 15) is 18.0 Å². The van der Waals surface area contributed by atoms with E-state index in [0.29, 0.717) is 12.1 Å². The van der Waals surface area contributed by atoms with Gasteiger partial charge in [-0.3, -0.25) is 0 Å². The second kappa shape index (κ2) is 10.00. The summed E-state index contributed by atoms with van der Waals surface area (Å²) in [5.74, 6) is -3.43. The standard InChI is InChI=1S/C29H22F3N3O/c30-21-15-23(31)28(24(32)16-21)34-29(36)35(17-19-9-3-1-4-10-19)18-26-27(20-11-5-2-6-12-20)22-13-7-8-14-25(22)33-26/h1-16,33H,17-18H2,(H,34,36). The van der Waals surface area contributed by atoms with E-state index in [4.69, 9.17) is 0 Å². The fourth-order valence-electron chi connectivity index (χ4n) is 4.29. The van der Waals surface area contributed by atoms with Crippen LogP contribution >= 0.6 is 0 Å². The number of aromatic amines is 1. The maximum absolute atomic E-state index is 14.3. The summed E-state index contributed by atoms with van der Waals surface area (Å²) in [5.41, 5.74) is 3.73. The monoisotopic (exact) mass is 485 g/mol. The highest BCUT2D eigenvalue weighted by Gasteiger charge is 2.22. The number of halogens is 3. The number of carbonyl (C=O) groups is 1. The van der Waals surface area contributed by atoms with Crippen LogP contribution in [0.4, 0.5) is 23.7 Å². The second-order valence-corrected chi connectivity index (χ2v) is 8.41. The van der Waals surface area contributed by atoms with E-state index < -0.39 is 29.2 Å². The molecule has 1 heterocycles. The van der Waals surface area contributed by atoms with Gasteiger partial charge in [0, 0.05) is 40.8 Å². The quantitative estimate of drug-likeness (QED) is 0.257. The van der Waals surface area contributed by atoms with Crippen LogP contribution in [-0.4, -0.2) is 15.9 Å². The molecule has 0 saturated heterocycles. The maximum atomic E-state index is 14.3. The number of hydrogen-bond acceptors (Lipinski definition) is 1. The minimum Gasteiger partial charge on any atom is -0.356 e. The summed E-state index contributed by atoms with van der Waals surface area (Å²) < 4.78 is 42.0. The van der Waals surface area contributed by atoms with Crippen LogP contribution in [0, 0.1) is 17.5 Å². The number of aromatic nitrogens is 1. The van der Waals surface area contributed by atoms with Crippen molar-refractivity contribution >= 4 is 22.6 Å². The number of hydrogen-bond donors (Lipinski definition) is 2. The number of urea groups is 1. The molecule has 36 heavy (non-hydrogen) atoms. The molecule has 0 unspecified atom stereocenters. The predicted octanol–water partition coefficient (Wildman–Crippen LogP) is 7.49. The molecule has 0 bridgehead atoms. The van der Waals surface area contributed by atoms with E-state index in [2.05, 4.69) is 10.3 Å². The Morgan fingerprint density at radius 3 is 2.08 bits per heavy atom. The average molecular weight is 486 g/mol. The van der Waals surface area contributed by atoms with Crippen LogP contribution < -0.4 is 5.32 Å². The second-order valence-electron chi connectivity index (χ2n) is 8.41. The molecule has 0 spiro atoms. The van der Waals surface area contributed by atoms with Gasteiger partial charge in [0.05, 0.1) is 6.54 Å². The van der Waals surface area contributed by atoms with Crippen LogP contribution in [0.1, 0.15) is 11.3 Å². The largest absolute Gasteiger partial charge is 0.356 e. The lowest BCUT2D eigenvalue weighted by Gasteiger charge is -2.24. The molecule has 0 aliphatic carbocycles. The molecule has 0 radical (unpaired) electrons. The Balaban J connectivity index is 1.54. The van der Waals surface area contributed by atoms with Gasteiger partial charge in [-0.25, -0.2) is 18.0 Å². The summed E-state index contributed by atoms with van der Waals surface area (Å²) in [5, 5.41) is 3.29. The zero-order valence-corrected chi connectivity index (χ0v) is 19.1. The molecule has 2 amide bonds. The normalized spacial score (nSPS) is 11.0. The van der Waals surface area contributed by atoms with E-state index in [-0.39, 0.29) is 13.1 Å². The van der Waals surface area contributed by atoms with Gasteiger partial charge in [0.25, 0.3) is 0 Å². The Kier molecular flexibility index (Phi) is 6.45. The summed E-state index contributed by atoms with van der Waals surface area (Å²) in [7, 11) is 0. The first-order valence-electron chi connectivity index (χ1n) is 11.4. The SMILES string of the molecule is O=C(Nc1c(F)cc(F)cc1F)N(Cc1ccccc1)Cc1[nH]c2ccccc2c1-c1ccccc1. The van der Waals surface area contributed by atoms with E-state index in [0.717, 1.165) is 33.3 Å². The first-order chi connectivity index (χ1) is 17.5. The third-order valence-electron chi connectivity index (χ3n) is 5.94. The van der Waals surface area contributed by atoms with Crippen molar-refractivity contribution in [3.05, 3.63) is 126 Å². The number of benzene rings is 4. The van der Waals surface area contributed by atoms with Gasteiger partial charge in [-0.05, 0) is 17.2 Å². The summed E-state index contributed by atoms with van der Waals surface area (Å²) in [6, 6.07) is 27.3. The van der Waals surface area contributed by atoms with Crippen molar-refractivity contribution in [2.24, 2.45) is 0 Å². The lowest BCUT2D eigenvalue weighted by atomic mass is 10.0. The van der Waals surface area contributed by atoms with E-state index in [1.54, 1.807) is 0 Å². The van der Waals surface area contributed by atoms with Crippen LogP contribution in [0.3, 0.4) is 0 Å². The van der Waals surface area contributed by atoms with Crippen LogP contribution in [0.2, 0.25) is 0 Å². The molecule has 1 aromatic heterocycles. The van der Waals surface area contributed by atoms with Gasteiger partial charge >= 0.3 is 6.03 Å². The van der Waals surface area contributed by atoms with Gasteiger partial charge in [0.1, 0.15) is 11.5 Å². The van der Waals surface area contributed by atoms with Crippen LogP contribution in [0.25, 0.3) is 22.0 Å². The number of rotatable bonds is 6. The third kappa shape index (κ3) is 4.81. The minimum atomic E-state index is -1.18. The van der Waals surface area contributed by atoms with E-state index in [1.165, 1.54) is 4.90 Å². The van der Waals surface area contributed by atoms with Crippen LogP contribution in [-0.2, 0) is 13.1 Å². The lowest BCUT2D eigenvalue weighted by molar-refractivity contribution is 0.205. The summed E-state index contributed by atoms with van der Waals surface area (Å²) in [4.78, 5) is 18.2. The summed E-state index contributed by atoms with van der Waals surface area (Å²) >= 11 is 0. The number of nitrogens with zero attached hydrogens (tertiary/aromatic N) is 1. The number of para-hydroxylation sites is 1. The molecule has 5 aromatic rings. The van der Waals surface area contributed by atoms with Crippen molar-refractivity contribution in [2.75, 3.05) is 5.32 Å². The minimum absolute atomic E-state index is 0.129. The molecule has 180 valence electrons. The van der Waals surface area contributed by atoms with Crippen molar-refractivity contribution in [2.45, 2.75) is 13.1 Å². The van der Waals surface area contributed by atoms with Gasteiger partial charge in [-0.1, -0.05) is 78.9 Å². The van der Waals surface area contributed by atoms with Gasteiger partial charge in [-0.2, -0.15) is 0 Å². The Bertz CT molecular complexity index is 1490. The Morgan fingerprint density at radius 1 is 0.778 bits per heavy atom. The highest BCUT2D eigenvalue weighted by Crippen LogP contribution is 2.33. The highest BCUT2D eigenvalue weighted by molar-refractivity contribution is 5.98.